The van der Waals surface area contributed by atoms with Gasteiger partial charge < -0.3 is 13.9 Å². The SMILES string of the molecule is Cc1ccc(C)cc1.Cc1ccc(N(c2ccccc2)c2ccccc2)cc1.Cc1ccc2c(c1)c1ccccc1n2-c1ccccc1.Cc1ccc2oc3ccccc3c2c1.Cc1cccc2c1sc1ccccc12.Cc1cccnc1.Cc1csc2ccccc12. The molecule has 0 amide bonds. The molecule has 0 spiro atoms. The minimum atomic E-state index is 0.966. The molecule has 93 heavy (non-hydrogen) atoms. The highest BCUT2D eigenvalue weighted by atomic mass is 32.1. The summed E-state index contributed by atoms with van der Waals surface area (Å²) in [5.41, 5.74) is 19.7. The molecule has 458 valence electrons. The number of rotatable bonds is 4. The zero-order valence-electron chi connectivity index (χ0n) is 54.2. The first-order valence-electron chi connectivity index (χ1n) is 31.6. The molecule has 0 aliphatic heterocycles. The number of aryl methyl sites for hydroxylation is 8. The van der Waals surface area contributed by atoms with E-state index in [2.05, 4.69) is 323 Å². The van der Waals surface area contributed by atoms with Crippen molar-refractivity contribution in [2.45, 2.75) is 55.4 Å². The van der Waals surface area contributed by atoms with Gasteiger partial charge in [0.05, 0.1) is 11.0 Å². The second-order valence-electron chi connectivity index (χ2n) is 23.3. The van der Waals surface area contributed by atoms with Crippen LogP contribution in [-0.2, 0) is 0 Å². The minimum absolute atomic E-state index is 0.966. The molecule has 5 aromatic heterocycles. The van der Waals surface area contributed by atoms with Crippen LogP contribution in [0.2, 0.25) is 0 Å². The molecule has 0 atom stereocenters. The van der Waals surface area contributed by atoms with Gasteiger partial charge in [0, 0.05) is 81.6 Å². The Balaban J connectivity index is 0.000000114. The van der Waals surface area contributed by atoms with Crippen LogP contribution in [-0.4, -0.2) is 9.55 Å². The fraction of sp³-hybridized carbons (Fsp3) is 0.0920. The summed E-state index contributed by atoms with van der Waals surface area (Å²) in [6.07, 6.45) is 3.60. The van der Waals surface area contributed by atoms with E-state index in [4.69, 9.17) is 4.42 Å². The van der Waals surface area contributed by atoms with Gasteiger partial charge in [0.15, 0.2) is 0 Å². The molecule has 0 fully saturated rings. The van der Waals surface area contributed by atoms with Gasteiger partial charge in [-0.2, -0.15) is 0 Å². The van der Waals surface area contributed by atoms with Crippen molar-refractivity contribution in [3.05, 3.63) is 366 Å². The highest BCUT2D eigenvalue weighted by Gasteiger charge is 2.13. The third-order valence-corrected chi connectivity index (χ3v) is 18.4. The number of nitrogens with zero attached hydrogens (tertiary/aromatic N) is 3. The monoisotopic (exact) mass is 1240 g/mol. The van der Waals surface area contributed by atoms with Crippen LogP contribution in [0.25, 0.3) is 79.7 Å². The van der Waals surface area contributed by atoms with E-state index in [1.165, 1.54) is 130 Å². The smallest absolute Gasteiger partial charge is 0.135 e. The fourth-order valence-electron chi connectivity index (χ4n) is 11.2. The summed E-state index contributed by atoms with van der Waals surface area (Å²) in [6.45, 7) is 16.9. The van der Waals surface area contributed by atoms with E-state index in [9.17, 15) is 0 Å². The molecule has 12 aromatic carbocycles. The molecule has 6 heteroatoms. The van der Waals surface area contributed by atoms with Crippen LogP contribution < -0.4 is 4.90 Å². The van der Waals surface area contributed by atoms with Crippen LogP contribution in [0, 0.1) is 55.4 Å². The summed E-state index contributed by atoms with van der Waals surface area (Å²) in [5, 5.41) is 11.4. The molecule has 5 heterocycles. The van der Waals surface area contributed by atoms with E-state index in [-0.39, 0.29) is 0 Å². The van der Waals surface area contributed by atoms with Crippen LogP contribution in [0.15, 0.2) is 326 Å². The first-order valence-corrected chi connectivity index (χ1v) is 33.2. The lowest BCUT2D eigenvalue weighted by Gasteiger charge is -2.25. The summed E-state index contributed by atoms with van der Waals surface area (Å²) in [4.78, 5) is 6.15. The molecule has 0 bridgehead atoms. The Morgan fingerprint density at radius 3 is 1.42 bits per heavy atom. The van der Waals surface area contributed by atoms with Crippen molar-refractivity contribution in [3.8, 4) is 5.69 Å². The highest BCUT2D eigenvalue weighted by Crippen LogP contribution is 2.37. The number of benzene rings is 12. The number of furan rings is 1. The normalized spacial score (nSPS) is 10.6. The molecule has 0 saturated carbocycles. The number of thiophene rings is 2. The van der Waals surface area contributed by atoms with Gasteiger partial charge in [0.25, 0.3) is 0 Å². The van der Waals surface area contributed by atoms with Crippen molar-refractivity contribution in [1.29, 1.82) is 0 Å². The third-order valence-electron chi connectivity index (χ3n) is 16.0. The molecular formula is C87H77N3OS2. The van der Waals surface area contributed by atoms with Gasteiger partial charge in [0.1, 0.15) is 11.2 Å². The van der Waals surface area contributed by atoms with Gasteiger partial charge in [-0.3, -0.25) is 4.98 Å². The molecule has 17 rings (SSSR count). The maximum absolute atomic E-state index is 5.71. The van der Waals surface area contributed by atoms with E-state index >= 15 is 0 Å². The van der Waals surface area contributed by atoms with Crippen LogP contribution in [0.5, 0.6) is 0 Å². The van der Waals surface area contributed by atoms with Crippen LogP contribution in [0.4, 0.5) is 17.1 Å². The molecular weight excluding hydrogens is 1170 g/mol. The second-order valence-corrected chi connectivity index (χ2v) is 25.3. The van der Waals surface area contributed by atoms with Crippen molar-refractivity contribution in [1.82, 2.24) is 9.55 Å². The van der Waals surface area contributed by atoms with E-state index in [0.717, 1.165) is 11.2 Å². The molecule has 0 aliphatic carbocycles. The predicted molar refractivity (Wildman–Crippen MR) is 405 cm³/mol. The Labute approximate surface area is 555 Å². The molecule has 4 nitrogen and oxygen atoms in total. The minimum Gasteiger partial charge on any atom is -0.456 e. The molecule has 17 aromatic rings. The third kappa shape index (κ3) is 16.1. The number of hydrogen-bond donors (Lipinski definition) is 0. The second kappa shape index (κ2) is 30.9. The zero-order valence-corrected chi connectivity index (χ0v) is 55.8. The Bertz CT molecular complexity index is 5090. The van der Waals surface area contributed by atoms with Gasteiger partial charge in [-0.15, -0.1) is 22.7 Å². The van der Waals surface area contributed by atoms with Crippen molar-refractivity contribution in [3.63, 3.8) is 0 Å². The average molecular weight is 1240 g/mol. The highest BCUT2D eigenvalue weighted by molar-refractivity contribution is 7.26. The number of anilines is 3. The maximum atomic E-state index is 5.71. The predicted octanol–water partition coefficient (Wildman–Crippen LogP) is 25.7. The van der Waals surface area contributed by atoms with E-state index < -0.39 is 0 Å². The average Bonchev–Trinajstić information content (AvgIpc) is 1.62. The van der Waals surface area contributed by atoms with Crippen LogP contribution >= 0.6 is 22.7 Å². The largest absolute Gasteiger partial charge is 0.456 e. The number of pyridine rings is 1. The summed E-state index contributed by atoms with van der Waals surface area (Å²) < 4.78 is 12.2. The number of aromatic nitrogens is 2. The van der Waals surface area contributed by atoms with Gasteiger partial charge in [0.2, 0.25) is 0 Å². The van der Waals surface area contributed by atoms with E-state index in [0.29, 0.717) is 0 Å². The number of hydrogen-bond acceptors (Lipinski definition) is 5. The molecule has 0 radical (unpaired) electrons. The Hall–Kier alpha value is -10.6. The van der Waals surface area contributed by atoms with Crippen LogP contribution in [0.1, 0.15) is 44.5 Å². The lowest BCUT2D eigenvalue weighted by atomic mass is 10.1. The summed E-state index contributed by atoms with van der Waals surface area (Å²) in [7, 11) is 0. The Morgan fingerprint density at radius 2 is 0.806 bits per heavy atom. The van der Waals surface area contributed by atoms with Crippen LogP contribution in [0.3, 0.4) is 0 Å². The van der Waals surface area contributed by atoms with Gasteiger partial charge in [-0.1, -0.05) is 228 Å². The van der Waals surface area contributed by atoms with Gasteiger partial charge >= 0.3 is 0 Å². The molecule has 0 aliphatic rings. The Kier molecular flexibility index (Phi) is 21.3. The topological polar surface area (TPSA) is 34.2 Å². The number of fused-ring (bicyclic) bond motifs is 10. The number of para-hydroxylation sites is 5. The van der Waals surface area contributed by atoms with Crippen molar-refractivity contribution >= 4 is 114 Å². The standard InChI is InChI=1S/C19H15N.C19H17N.C13H10O.C13H10S.C9H8S.C8H10.C6H7N/c1-14-11-12-19-17(13-14)16-9-5-6-10-18(16)20(19)15-7-3-2-4-8-15;1-16-12-14-19(15-13-16)20(17-8-4-2-5-9-17)18-10-6-3-7-11-18;1-9-6-7-13-11(8-9)10-4-2-3-5-12(10)14-13;1-9-5-4-7-11-10-6-2-3-8-12(10)14-13(9)11;1-7-6-10-9-5-3-2-4-8(7)9;1-7-3-5-8(2)6-4-7;1-6-3-2-4-7-5-6/h2-13H,1H3;2-15H,1H3;2*2-8H,1H3;2-6H,1H3;3-6H,1-2H3;2-5H,1H3. The lowest BCUT2D eigenvalue weighted by Crippen LogP contribution is -2.09. The fourth-order valence-corrected chi connectivity index (χ4v) is 13.3. The first-order chi connectivity index (χ1) is 45.4. The quantitative estimate of drug-likeness (QED) is 0.176. The Morgan fingerprint density at radius 1 is 0.323 bits per heavy atom. The first kappa shape index (κ1) is 63.9. The van der Waals surface area contributed by atoms with E-state index in [1.807, 2.05) is 84.3 Å². The van der Waals surface area contributed by atoms with Crippen molar-refractivity contribution in [2.75, 3.05) is 4.90 Å². The maximum Gasteiger partial charge on any atom is 0.135 e. The van der Waals surface area contributed by atoms with E-state index in [1.54, 1.807) is 6.20 Å². The zero-order chi connectivity index (χ0) is 64.5. The molecule has 0 unspecified atom stereocenters. The lowest BCUT2D eigenvalue weighted by molar-refractivity contribution is 0.669. The van der Waals surface area contributed by atoms with Gasteiger partial charge in [-0.25, -0.2) is 0 Å². The molecule has 0 N–H and O–H groups in total. The summed E-state index contributed by atoms with van der Waals surface area (Å²) >= 11 is 3.70. The van der Waals surface area contributed by atoms with Crippen molar-refractivity contribution in [2.24, 2.45) is 0 Å². The van der Waals surface area contributed by atoms with Gasteiger partial charge in [-0.05, 0) is 186 Å². The summed E-state index contributed by atoms with van der Waals surface area (Å²) in [6, 6.07) is 106. The van der Waals surface area contributed by atoms with Crippen molar-refractivity contribution < 1.29 is 4.42 Å². The molecule has 0 saturated heterocycles. The summed E-state index contributed by atoms with van der Waals surface area (Å²) in [5.74, 6) is 0.